The second-order valence-electron chi connectivity index (χ2n) is 2.88. The van der Waals surface area contributed by atoms with Gasteiger partial charge in [0.25, 0.3) is 5.09 Å². The molecule has 0 heterocycles. The van der Waals surface area contributed by atoms with Crippen molar-refractivity contribution in [1.82, 2.24) is 0 Å². The molecule has 0 aliphatic carbocycles. The number of nitro groups is 1. The molecule has 1 aromatic carbocycles. The van der Waals surface area contributed by atoms with Gasteiger partial charge >= 0.3 is 0 Å². The van der Waals surface area contributed by atoms with Gasteiger partial charge in [0, 0.05) is 9.95 Å². The fourth-order valence-corrected chi connectivity index (χ4v) is 1.24. The molecule has 1 unspecified atom stereocenters. The van der Waals surface area contributed by atoms with Crippen LogP contribution in [0.4, 0.5) is 0 Å². The minimum atomic E-state index is -1.22. The van der Waals surface area contributed by atoms with Crippen LogP contribution < -0.4 is 0 Å². The first-order chi connectivity index (χ1) is 7.49. The number of rotatable bonds is 5. The van der Waals surface area contributed by atoms with E-state index in [2.05, 4.69) is 4.84 Å². The van der Waals surface area contributed by atoms with Crippen LogP contribution in [0.2, 0.25) is 5.02 Å². The second kappa shape index (κ2) is 5.26. The molecule has 0 spiro atoms. The number of benzene rings is 1. The predicted octanol–water partition coefficient (Wildman–Crippen LogP) is 1.87. The molecule has 0 bridgehead atoms. The summed E-state index contributed by atoms with van der Waals surface area (Å²) in [7, 11) is 0. The SMILES string of the molecule is O=[N+]([O-])CC(O[N+](=O)[O-])c1ccc(Cl)cc1. The molecule has 1 aromatic rings. The standard InChI is InChI=1S/C8H7ClN2O5/c9-7-3-1-6(2-4-7)8(5-10(12)13)16-11(14)15/h1-4,8H,5H2. The molecule has 0 fully saturated rings. The first-order valence-corrected chi connectivity index (χ1v) is 4.55. The van der Waals surface area contributed by atoms with E-state index in [1.54, 1.807) is 0 Å². The molecule has 0 saturated heterocycles. The van der Waals surface area contributed by atoms with Gasteiger partial charge in [0.05, 0.1) is 0 Å². The lowest BCUT2D eigenvalue weighted by Crippen LogP contribution is -2.18. The predicted molar refractivity (Wildman–Crippen MR) is 54.1 cm³/mol. The highest BCUT2D eigenvalue weighted by atomic mass is 35.5. The van der Waals surface area contributed by atoms with E-state index in [0.29, 0.717) is 10.6 Å². The van der Waals surface area contributed by atoms with Crippen molar-refractivity contribution in [2.24, 2.45) is 0 Å². The van der Waals surface area contributed by atoms with Crippen molar-refractivity contribution in [3.05, 3.63) is 55.1 Å². The van der Waals surface area contributed by atoms with E-state index >= 15 is 0 Å². The maximum absolute atomic E-state index is 10.3. The highest BCUT2D eigenvalue weighted by Gasteiger charge is 2.21. The van der Waals surface area contributed by atoms with E-state index in [4.69, 9.17) is 11.6 Å². The summed E-state index contributed by atoms with van der Waals surface area (Å²) in [6.07, 6.45) is -1.22. The highest BCUT2D eigenvalue weighted by Crippen LogP contribution is 2.20. The summed E-state index contributed by atoms with van der Waals surface area (Å²) in [5.74, 6) is 0. The Labute approximate surface area is 94.8 Å². The summed E-state index contributed by atoms with van der Waals surface area (Å²) < 4.78 is 0. The number of hydrogen-bond donors (Lipinski definition) is 0. The highest BCUT2D eigenvalue weighted by molar-refractivity contribution is 6.30. The molecule has 1 rings (SSSR count). The Kier molecular flexibility index (Phi) is 4.01. The van der Waals surface area contributed by atoms with Crippen LogP contribution in [0.3, 0.4) is 0 Å². The van der Waals surface area contributed by atoms with Crippen LogP contribution in [0.25, 0.3) is 0 Å². The smallest absolute Gasteiger partial charge is 0.295 e. The van der Waals surface area contributed by atoms with Gasteiger partial charge in [-0.25, -0.2) is 0 Å². The van der Waals surface area contributed by atoms with Crippen molar-refractivity contribution >= 4 is 11.6 Å². The van der Waals surface area contributed by atoms with Crippen molar-refractivity contribution in [2.45, 2.75) is 6.10 Å². The largest absolute Gasteiger partial charge is 0.299 e. The lowest BCUT2D eigenvalue weighted by Gasteiger charge is -2.10. The van der Waals surface area contributed by atoms with Crippen molar-refractivity contribution in [3.63, 3.8) is 0 Å². The molecule has 8 heteroatoms. The lowest BCUT2D eigenvalue weighted by molar-refractivity contribution is -0.777. The van der Waals surface area contributed by atoms with Gasteiger partial charge in [0.1, 0.15) is 0 Å². The zero-order chi connectivity index (χ0) is 12.1. The van der Waals surface area contributed by atoms with Gasteiger partial charge in [0.15, 0.2) is 6.10 Å². The zero-order valence-electron chi connectivity index (χ0n) is 7.91. The molecule has 0 amide bonds. The Morgan fingerprint density at radius 1 is 1.25 bits per heavy atom. The van der Waals surface area contributed by atoms with Gasteiger partial charge in [-0.1, -0.05) is 23.7 Å². The second-order valence-corrected chi connectivity index (χ2v) is 3.32. The van der Waals surface area contributed by atoms with Crippen LogP contribution in [0.1, 0.15) is 11.7 Å². The van der Waals surface area contributed by atoms with E-state index in [1.165, 1.54) is 24.3 Å². The summed E-state index contributed by atoms with van der Waals surface area (Å²) in [6.45, 7) is -0.678. The number of halogens is 1. The normalized spacial score (nSPS) is 11.8. The molecule has 0 N–H and O–H groups in total. The fourth-order valence-electron chi connectivity index (χ4n) is 1.12. The van der Waals surface area contributed by atoms with Gasteiger partial charge in [-0.3, -0.25) is 15.0 Å². The minimum absolute atomic E-state index is 0.331. The van der Waals surface area contributed by atoms with E-state index in [1.807, 2.05) is 0 Å². The van der Waals surface area contributed by atoms with Gasteiger partial charge in [-0.05, 0) is 17.7 Å². The summed E-state index contributed by atoms with van der Waals surface area (Å²) >= 11 is 5.62. The number of nitrogens with zero attached hydrogens (tertiary/aromatic N) is 2. The first kappa shape index (κ1) is 12.2. The van der Waals surface area contributed by atoms with Crippen LogP contribution in [-0.4, -0.2) is 16.6 Å². The Morgan fingerprint density at radius 3 is 2.25 bits per heavy atom. The van der Waals surface area contributed by atoms with Gasteiger partial charge in [-0.2, -0.15) is 0 Å². The molecule has 0 saturated carbocycles. The third-order valence-electron chi connectivity index (χ3n) is 1.77. The maximum Gasteiger partial charge on any atom is 0.295 e. The minimum Gasteiger partial charge on any atom is -0.299 e. The van der Waals surface area contributed by atoms with Crippen molar-refractivity contribution < 1.29 is 14.8 Å². The van der Waals surface area contributed by atoms with Crippen LogP contribution in [0.5, 0.6) is 0 Å². The van der Waals surface area contributed by atoms with Crippen LogP contribution in [-0.2, 0) is 4.84 Å². The Morgan fingerprint density at radius 2 is 1.81 bits per heavy atom. The van der Waals surface area contributed by atoms with Gasteiger partial charge in [0.2, 0.25) is 6.54 Å². The third kappa shape index (κ3) is 3.70. The van der Waals surface area contributed by atoms with E-state index in [9.17, 15) is 20.2 Å². The molecular formula is C8H7ClN2O5. The van der Waals surface area contributed by atoms with Crippen molar-refractivity contribution in [3.8, 4) is 0 Å². The zero-order valence-corrected chi connectivity index (χ0v) is 8.66. The quantitative estimate of drug-likeness (QED) is 0.584. The summed E-state index contributed by atoms with van der Waals surface area (Å²) in [4.78, 5) is 24.0. The summed E-state index contributed by atoms with van der Waals surface area (Å²) in [5.41, 5.74) is 0.331. The molecule has 1 atom stereocenters. The molecule has 7 nitrogen and oxygen atoms in total. The lowest BCUT2D eigenvalue weighted by atomic mass is 10.1. The van der Waals surface area contributed by atoms with Gasteiger partial charge < -0.3 is 0 Å². The van der Waals surface area contributed by atoms with Gasteiger partial charge in [-0.15, -0.1) is 10.1 Å². The van der Waals surface area contributed by atoms with Crippen LogP contribution in [0.15, 0.2) is 24.3 Å². The Balaban J connectivity index is 2.86. The third-order valence-corrected chi connectivity index (χ3v) is 2.02. The van der Waals surface area contributed by atoms with E-state index in [-0.39, 0.29) is 0 Å². The van der Waals surface area contributed by atoms with Crippen molar-refractivity contribution in [2.75, 3.05) is 6.54 Å². The molecule has 0 aliphatic rings. The average molecular weight is 247 g/mol. The maximum atomic E-state index is 10.3. The molecular weight excluding hydrogens is 240 g/mol. The molecule has 0 aliphatic heterocycles. The van der Waals surface area contributed by atoms with E-state index in [0.717, 1.165) is 0 Å². The molecule has 16 heavy (non-hydrogen) atoms. The number of hydrogen-bond acceptors (Lipinski definition) is 5. The average Bonchev–Trinajstić information content (AvgIpc) is 2.16. The molecule has 0 aromatic heterocycles. The molecule has 86 valence electrons. The first-order valence-electron chi connectivity index (χ1n) is 4.17. The topological polar surface area (TPSA) is 95.5 Å². The monoisotopic (exact) mass is 246 g/mol. The van der Waals surface area contributed by atoms with Crippen LogP contribution in [0, 0.1) is 20.2 Å². The molecule has 0 radical (unpaired) electrons. The van der Waals surface area contributed by atoms with Crippen LogP contribution >= 0.6 is 11.6 Å². The Bertz CT molecular complexity index is 378. The Hall–Kier alpha value is -1.89. The van der Waals surface area contributed by atoms with E-state index < -0.39 is 22.7 Å². The summed E-state index contributed by atoms with van der Waals surface area (Å²) in [6, 6.07) is 5.85. The van der Waals surface area contributed by atoms with Crippen molar-refractivity contribution in [1.29, 1.82) is 0 Å². The summed E-state index contributed by atoms with van der Waals surface area (Å²) in [5, 5.41) is 19.9. The fraction of sp³-hybridized carbons (Fsp3) is 0.250.